The van der Waals surface area contributed by atoms with E-state index in [0.717, 1.165) is 29.0 Å². The number of ether oxygens (including phenoxy) is 1. The molecule has 2 aliphatic rings. The molecule has 2 bridgehead atoms. The Kier molecular flexibility index (Phi) is 4.85. The first kappa shape index (κ1) is 20.1. The summed E-state index contributed by atoms with van der Waals surface area (Å²) in [6, 6.07) is 22.3. The summed E-state index contributed by atoms with van der Waals surface area (Å²) < 4.78 is 6.31. The maximum atomic E-state index is 13.1. The average molecular weight is 428 g/mol. The second-order valence-electron chi connectivity index (χ2n) is 8.41. The number of hydrogen-bond donors (Lipinski definition) is 2. The lowest BCUT2D eigenvalue weighted by atomic mass is 9.90. The zero-order chi connectivity index (χ0) is 22.3. The number of rotatable bonds is 4. The number of carbonyl (C=O) groups is 2. The predicted molar refractivity (Wildman–Crippen MR) is 124 cm³/mol. The van der Waals surface area contributed by atoms with Gasteiger partial charge in [0.05, 0.1) is 11.7 Å². The van der Waals surface area contributed by atoms with E-state index in [1.807, 2.05) is 61.5 Å². The highest BCUT2D eigenvalue weighted by atomic mass is 16.5. The molecule has 3 aromatic rings. The third kappa shape index (κ3) is 3.47. The molecular weight excluding hydrogens is 402 g/mol. The van der Waals surface area contributed by atoms with Crippen LogP contribution in [0.25, 0.3) is 0 Å². The van der Waals surface area contributed by atoms with Gasteiger partial charge in [-0.05, 0) is 55.3 Å². The maximum Gasteiger partial charge on any atom is 0.325 e. The fourth-order valence-corrected chi connectivity index (χ4v) is 4.57. The van der Waals surface area contributed by atoms with Crippen LogP contribution in [0.5, 0.6) is 5.75 Å². The lowest BCUT2D eigenvalue weighted by molar-refractivity contribution is 0.0378. The molecule has 3 aromatic carbocycles. The van der Waals surface area contributed by atoms with Crippen LogP contribution in [0.15, 0.2) is 72.8 Å². The summed E-state index contributed by atoms with van der Waals surface area (Å²) in [6.07, 6.45) is 1.50. The summed E-state index contributed by atoms with van der Waals surface area (Å²) in [5.41, 5.74) is 3.11. The van der Waals surface area contributed by atoms with E-state index in [4.69, 9.17) is 4.74 Å². The van der Waals surface area contributed by atoms with Gasteiger partial charge in [-0.2, -0.15) is 0 Å². The molecular formula is C26H25N3O3. The van der Waals surface area contributed by atoms with Crippen molar-refractivity contribution in [2.45, 2.75) is 38.5 Å². The van der Waals surface area contributed by atoms with E-state index in [9.17, 15) is 9.59 Å². The molecule has 0 radical (unpaired) electrons. The van der Waals surface area contributed by atoms with Crippen LogP contribution >= 0.6 is 0 Å². The van der Waals surface area contributed by atoms with Gasteiger partial charge >= 0.3 is 6.03 Å². The molecule has 2 N–H and O–H groups in total. The van der Waals surface area contributed by atoms with Crippen molar-refractivity contribution >= 4 is 23.3 Å². The van der Waals surface area contributed by atoms with Crippen LogP contribution in [0.2, 0.25) is 0 Å². The van der Waals surface area contributed by atoms with Gasteiger partial charge in [-0.3, -0.25) is 9.69 Å². The van der Waals surface area contributed by atoms with Crippen LogP contribution in [-0.4, -0.2) is 17.7 Å². The summed E-state index contributed by atoms with van der Waals surface area (Å²) in [6.45, 7) is 3.99. The molecule has 5 rings (SSSR count). The van der Waals surface area contributed by atoms with Gasteiger partial charge in [0.25, 0.3) is 5.91 Å². The summed E-state index contributed by atoms with van der Waals surface area (Å²) in [5, 5.41) is 6.04. The molecule has 2 aliphatic heterocycles. The van der Waals surface area contributed by atoms with Gasteiger partial charge in [0.15, 0.2) is 5.72 Å². The fraction of sp³-hybridized carbons (Fsp3) is 0.231. The number of nitrogens with one attached hydrogen (secondary N) is 2. The molecule has 0 unspecified atom stereocenters. The molecule has 6 heteroatoms. The maximum absolute atomic E-state index is 13.1. The molecule has 2 heterocycles. The van der Waals surface area contributed by atoms with Crippen molar-refractivity contribution in [3.8, 4) is 5.75 Å². The zero-order valence-electron chi connectivity index (χ0n) is 18.1. The van der Waals surface area contributed by atoms with Crippen molar-refractivity contribution in [1.82, 2.24) is 5.32 Å². The van der Waals surface area contributed by atoms with Gasteiger partial charge in [-0.25, -0.2) is 4.79 Å². The summed E-state index contributed by atoms with van der Waals surface area (Å²) in [5.74, 6) is 0.538. The number of nitrogens with zero attached hydrogens (tertiary/aromatic N) is 1. The van der Waals surface area contributed by atoms with Gasteiger partial charge in [-0.1, -0.05) is 43.3 Å². The van der Waals surface area contributed by atoms with E-state index < -0.39 is 5.72 Å². The average Bonchev–Trinajstić information content (AvgIpc) is 2.79. The third-order valence-corrected chi connectivity index (χ3v) is 6.14. The molecule has 0 aromatic heterocycles. The van der Waals surface area contributed by atoms with E-state index in [1.165, 1.54) is 0 Å². The Balaban J connectivity index is 1.44. The summed E-state index contributed by atoms with van der Waals surface area (Å²) >= 11 is 0. The second kappa shape index (κ2) is 7.71. The predicted octanol–water partition coefficient (Wildman–Crippen LogP) is 5.27. The minimum Gasteiger partial charge on any atom is -0.467 e. The van der Waals surface area contributed by atoms with E-state index in [-0.39, 0.29) is 18.0 Å². The number of aryl methyl sites for hydroxylation is 1. The molecule has 6 nitrogen and oxygen atoms in total. The van der Waals surface area contributed by atoms with Gasteiger partial charge in [-0.15, -0.1) is 0 Å². The quantitative estimate of drug-likeness (QED) is 0.596. The number of hydrogen-bond acceptors (Lipinski definition) is 3. The topological polar surface area (TPSA) is 70.7 Å². The first-order valence-corrected chi connectivity index (χ1v) is 10.9. The van der Waals surface area contributed by atoms with E-state index >= 15 is 0 Å². The largest absolute Gasteiger partial charge is 0.467 e. The molecule has 1 saturated heterocycles. The zero-order valence-corrected chi connectivity index (χ0v) is 18.1. The molecule has 0 saturated carbocycles. The van der Waals surface area contributed by atoms with Crippen molar-refractivity contribution in [2.24, 2.45) is 0 Å². The van der Waals surface area contributed by atoms with Crippen molar-refractivity contribution in [3.63, 3.8) is 0 Å². The number of fused-ring (bicyclic) bond motifs is 4. The van der Waals surface area contributed by atoms with Gasteiger partial charge in [0, 0.05) is 23.2 Å². The van der Waals surface area contributed by atoms with Gasteiger partial charge in [0.1, 0.15) is 5.75 Å². The molecule has 3 amide bonds. The van der Waals surface area contributed by atoms with Crippen molar-refractivity contribution in [3.05, 3.63) is 89.5 Å². The SMILES string of the molecule is CCc1cccc(NC(=O)c2cccc(N3C(=O)N[C@H]4C[C@@]3(C)Oc3ccccc34)c2)c1. The van der Waals surface area contributed by atoms with Crippen LogP contribution in [-0.2, 0) is 6.42 Å². The smallest absolute Gasteiger partial charge is 0.325 e. The summed E-state index contributed by atoms with van der Waals surface area (Å²) in [4.78, 5) is 27.6. The molecule has 162 valence electrons. The minimum absolute atomic E-state index is 0.106. The number of benzene rings is 3. The van der Waals surface area contributed by atoms with E-state index in [1.54, 1.807) is 23.1 Å². The first-order valence-electron chi connectivity index (χ1n) is 10.9. The number of para-hydroxylation sites is 1. The second-order valence-corrected chi connectivity index (χ2v) is 8.41. The van der Waals surface area contributed by atoms with Crippen molar-refractivity contribution in [1.29, 1.82) is 0 Å². The normalized spacial score (nSPS) is 21.2. The number of anilines is 2. The van der Waals surface area contributed by atoms with Crippen LogP contribution < -0.4 is 20.3 Å². The number of carbonyl (C=O) groups excluding carboxylic acids is 2. The Labute approximate surface area is 187 Å². The Morgan fingerprint density at radius 3 is 2.78 bits per heavy atom. The fourth-order valence-electron chi connectivity index (χ4n) is 4.57. The Hall–Kier alpha value is -3.80. The van der Waals surface area contributed by atoms with Gasteiger partial charge < -0.3 is 15.4 Å². The molecule has 0 aliphatic carbocycles. The standard InChI is InChI=1S/C26H25N3O3/c1-3-17-8-6-10-19(14-17)27-24(30)18-9-7-11-20(15-18)29-25(31)28-22-16-26(29,2)32-23-13-5-4-12-21(22)23/h4-15,22H,3,16H2,1-2H3,(H,27,30)(H,28,31)/t22-,26+/m0/s1. The Morgan fingerprint density at radius 2 is 1.94 bits per heavy atom. The highest BCUT2D eigenvalue weighted by molar-refractivity contribution is 6.05. The van der Waals surface area contributed by atoms with Crippen LogP contribution in [0, 0.1) is 0 Å². The van der Waals surface area contributed by atoms with Crippen LogP contribution in [0.3, 0.4) is 0 Å². The lowest BCUT2D eigenvalue weighted by Gasteiger charge is -2.50. The molecule has 0 spiro atoms. The lowest BCUT2D eigenvalue weighted by Crippen LogP contribution is -2.65. The Morgan fingerprint density at radius 1 is 1.12 bits per heavy atom. The van der Waals surface area contributed by atoms with Gasteiger partial charge in [0.2, 0.25) is 0 Å². The highest BCUT2D eigenvalue weighted by Crippen LogP contribution is 2.45. The highest BCUT2D eigenvalue weighted by Gasteiger charge is 2.49. The van der Waals surface area contributed by atoms with Crippen molar-refractivity contribution in [2.75, 3.05) is 10.2 Å². The molecule has 1 fully saturated rings. The number of urea groups is 1. The third-order valence-electron chi connectivity index (χ3n) is 6.14. The summed E-state index contributed by atoms with van der Waals surface area (Å²) in [7, 11) is 0. The van der Waals surface area contributed by atoms with Crippen LogP contribution in [0.1, 0.15) is 47.8 Å². The first-order chi connectivity index (χ1) is 15.5. The number of amides is 3. The van der Waals surface area contributed by atoms with Crippen molar-refractivity contribution < 1.29 is 14.3 Å². The molecule has 2 atom stereocenters. The minimum atomic E-state index is -0.855. The monoisotopic (exact) mass is 427 g/mol. The molecule has 32 heavy (non-hydrogen) atoms. The Bertz CT molecular complexity index is 1210. The van der Waals surface area contributed by atoms with E-state index in [0.29, 0.717) is 17.7 Å². The van der Waals surface area contributed by atoms with E-state index in [2.05, 4.69) is 17.6 Å². The van der Waals surface area contributed by atoms with Crippen LogP contribution in [0.4, 0.5) is 16.2 Å².